The number of benzene rings is 2. The molecule has 3 heteroatoms. The molecule has 1 unspecified atom stereocenters. The number of aromatic nitrogens is 2. The van der Waals surface area contributed by atoms with Gasteiger partial charge in [-0.2, -0.15) is 0 Å². The fourth-order valence-electron chi connectivity index (χ4n) is 3.56. The normalized spacial score (nSPS) is 12.2. The summed E-state index contributed by atoms with van der Waals surface area (Å²) < 4.78 is 12.9. The van der Waals surface area contributed by atoms with Crippen LogP contribution in [0.4, 0.5) is 4.39 Å². The Balaban J connectivity index is 1.83. The van der Waals surface area contributed by atoms with Gasteiger partial charge in [0.05, 0.1) is 6.17 Å². The molecule has 1 atom stereocenters. The Morgan fingerprint density at radius 2 is 1.89 bits per heavy atom. The number of hydrogen-bond donors (Lipinski definition) is 0. The molecule has 27 heavy (non-hydrogen) atoms. The number of fused-ring (bicyclic) bond motifs is 1. The van der Waals surface area contributed by atoms with Crippen LogP contribution in [0.1, 0.15) is 43.7 Å². The lowest BCUT2D eigenvalue weighted by molar-refractivity contribution is 0.330. The van der Waals surface area contributed by atoms with Gasteiger partial charge in [-0.05, 0) is 66.6 Å². The molecule has 0 amide bonds. The van der Waals surface area contributed by atoms with E-state index in [4.69, 9.17) is 0 Å². The van der Waals surface area contributed by atoms with E-state index in [1.807, 2.05) is 12.1 Å². The zero-order valence-electron chi connectivity index (χ0n) is 16.0. The first-order valence-electron chi connectivity index (χ1n) is 9.76. The Labute approximate surface area is 161 Å². The molecule has 0 aliphatic carbocycles. The van der Waals surface area contributed by atoms with E-state index >= 15 is 0 Å². The van der Waals surface area contributed by atoms with Crippen molar-refractivity contribution in [3.8, 4) is 11.4 Å². The molecular formula is C24H27FN2. The highest BCUT2D eigenvalue weighted by atomic mass is 19.1. The predicted octanol–water partition coefficient (Wildman–Crippen LogP) is 6.49. The monoisotopic (exact) mass is 362 g/mol. The number of nitrogens with zero attached hydrogens (tertiary/aromatic N) is 2. The maximum absolute atomic E-state index is 12.9. The molecule has 0 spiro atoms. The Morgan fingerprint density at radius 1 is 1.07 bits per heavy atom. The summed E-state index contributed by atoms with van der Waals surface area (Å²) >= 11 is 0. The van der Waals surface area contributed by atoms with Crippen molar-refractivity contribution in [1.82, 2.24) is 9.97 Å². The smallest absolute Gasteiger partial charge is 0.159 e. The van der Waals surface area contributed by atoms with E-state index in [-0.39, 0.29) is 0 Å². The van der Waals surface area contributed by atoms with Crippen LogP contribution >= 0.6 is 0 Å². The maximum Gasteiger partial charge on any atom is 0.159 e. The van der Waals surface area contributed by atoms with Gasteiger partial charge in [0.15, 0.2) is 5.82 Å². The Hall–Kier alpha value is -2.55. The van der Waals surface area contributed by atoms with Gasteiger partial charge in [0.1, 0.15) is 0 Å². The number of halogens is 1. The minimum atomic E-state index is -0.690. The van der Waals surface area contributed by atoms with Crippen LogP contribution in [0.3, 0.4) is 0 Å². The van der Waals surface area contributed by atoms with E-state index in [1.54, 1.807) is 19.3 Å². The highest BCUT2D eigenvalue weighted by Crippen LogP contribution is 2.28. The molecule has 0 saturated heterocycles. The lowest BCUT2D eigenvalue weighted by atomic mass is 9.92. The second-order valence-corrected chi connectivity index (χ2v) is 7.08. The van der Waals surface area contributed by atoms with Gasteiger partial charge < -0.3 is 0 Å². The Morgan fingerprint density at radius 3 is 2.63 bits per heavy atom. The number of aryl methyl sites for hydroxylation is 1. The van der Waals surface area contributed by atoms with Crippen molar-refractivity contribution >= 4 is 10.8 Å². The van der Waals surface area contributed by atoms with Crippen LogP contribution < -0.4 is 0 Å². The summed E-state index contributed by atoms with van der Waals surface area (Å²) in [7, 11) is 0. The molecule has 1 heterocycles. The summed E-state index contributed by atoms with van der Waals surface area (Å²) in [6.45, 7) is 5.58. The van der Waals surface area contributed by atoms with Crippen LogP contribution in [-0.4, -0.2) is 16.1 Å². The first-order chi connectivity index (χ1) is 13.2. The minimum Gasteiger partial charge on any atom is -0.248 e. The van der Waals surface area contributed by atoms with Crippen LogP contribution in [-0.2, 0) is 12.8 Å². The van der Waals surface area contributed by atoms with Crippen LogP contribution in [0.2, 0.25) is 0 Å². The number of rotatable bonds is 9. The van der Waals surface area contributed by atoms with Crippen molar-refractivity contribution < 1.29 is 4.39 Å². The zero-order chi connectivity index (χ0) is 19.1. The SMILES string of the molecule is C=CCc1c(CCCCCC(C)F)ccc2cc(-c3ncccn3)ccc12. The Bertz CT molecular complexity index is 888. The van der Waals surface area contributed by atoms with Crippen LogP contribution in [0.15, 0.2) is 61.4 Å². The topological polar surface area (TPSA) is 25.8 Å². The average Bonchev–Trinajstić information content (AvgIpc) is 2.69. The molecule has 2 aromatic carbocycles. The van der Waals surface area contributed by atoms with Crippen molar-refractivity contribution in [2.24, 2.45) is 0 Å². The van der Waals surface area contributed by atoms with Gasteiger partial charge in [0.2, 0.25) is 0 Å². The zero-order valence-corrected chi connectivity index (χ0v) is 16.0. The quantitative estimate of drug-likeness (QED) is 0.321. The summed E-state index contributed by atoms with van der Waals surface area (Å²) in [6.07, 6.45) is 10.5. The standard InChI is InChI=1S/C24H27FN2/c1-3-8-22-19(10-6-4-5-9-18(2)25)11-12-20-17-21(13-14-23(20)22)24-26-15-7-16-27-24/h3,7,11-18H,1,4-6,8-10H2,2H3. The largest absolute Gasteiger partial charge is 0.248 e. The van der Waals surface area contributed by atoms with E-state index in [9.17, 15) is 4.39 Å². The summed E-state index contributed by atoms with van der Waals surface area (Å²) in [4.78, 5) is 8.70. The number of hydrogen-bond acceptors (Lipinski definition) is 2. The molecule has 0 radical (unpaired) electrons. The van der Waals surface area contributed by atoms with E-state index in [0.29, 0.717) is 6.42 Å². The fourth-order valence-corrected chi connectivity index (χ4v) is 3.56. The van der Waals surface area contributed by atoms with Gasteiger partial charge in [0.25, 0.3) is 0 Å². The second kappa shape index (κ2) is 9.40. The molecule has 3 rings (SSSR count). The van der Waals surface area contributed by atoms with E-state index in [2.05, 4.69) is 46.9 Å². The highest BCUT2D eigenvalue weighted by Gasteiger charge is 2.09. The molecule has 1 aromatic heterocycles. The van der Waals surface area contributed by atoms with Gasteiger partial charge in [-0.1, -0.05) is 43.2 Å². The first kappa shape index (κ1) is 19.2. The van der Waals surface area contributed by atoms with Gasteiger partial charge >= 0.3 is 0 Å². The highest BCUT2D eigenvalue weighted by molar-refractivity contribution is 5.90. The van der Waals surface area contributed by atoms with Crippen LogP contribution in [0.5, 0.6) is 0 Å². The minimum absolute atomic E-state index is 0.668. The fraction of sp³-hybridized carbons (Fsp3) is 0.333. The second-order valence-electron chi connectivity index (χ2n) is 7.08. The predicted molar refractivity (Wildman–Crippen MR) is 112 cm³/mol. The van der Waals surface area contributed by atoms with Crippen LogP contribution in [0, 0.1) is 0 Å². The Kier molecular flexibility index (Phi) is 6.69. The summed E-state index contributed by atoms with van der Waals surface area (Å²) in [6, 6.07) is 12.7. The molecule has 3 aromatic rings. The van der Waals surface area contributed by atoms with Gasteiger partial charge in [-0.15, -0.1) is 6.58 Å². The molecular weight excluding hydrogens is 335 g/mol. The summed E-state index contributed by atoms with van der Waals surface area (Å²) in [5.74, 6) is 0.746. The first-order valence-corrected chi connectivity index (χ1v) is 9.76. The van der Waals surface area contributed by atoms with Crippen molar-refractivity contribution in [1.29, 1.82) is 0 Å². The maximum atomic E-state index is 12.9. The van der Waals surface area contributed by atoms with Gasteiger partial charge in [0, 0.05) is 18.0 Å². The van der Waals surface area contributed by atoms with Crippen molar-refractivity contribution in [3.63, 3.8) is 0 Å². The number of allylic oxidation sites excluding steroid dienone is 1. The van der Waals surface area contributed by atoms with Gasteiger partial charge in [-0.25, -0.2) is 14.4 Å². The average molecular weight is 362 g/mol. The van der Waals surface area contributed by atoms with E-state index in [0.717, 1.165) is 43.5 Å². The summed E-state index contributed by atoms with van der Waals surface area (Å²) in [5, 5.41) is 2.47. The van der Waals surface area contributed by atoms with E-state index in [1.165, 1.54) is 21.9 Å². The molecule has 2 nitrogen and oxygen atoms in total. The molecule has 0 bridgehead atoms. The lowest BCUT2D eigenvalue weighted by Crippen LogP contribution is -1.97. The molecule has 0 fully saturated rings. The summed E-state index contributed by atoms with van der Waals surface area (Å²) in [5.41, 5.74) is 3.75. The third kappa shape index (κ3) is 5.00. The third-order valence-electron chi connectivity index (χ3n) is 4.95. The van der Waals surface area contributed by atoms with Crippen molar-refractivity contribution in [3.05, 3.63) is 72.6 Å². The molecule has 0 N–H and O–H groups in total. The van der Waals surface area contributed by atoms with Crippen molar-refractivity contribution in [2.75, 3.05) is 0 Å². The molecule has 140 valence electrons. The van der Waals surface area contributed by atoms with E-state index < -0.39 is 6.17 Å². The molecule has 0 aliphatic rings. The molecule has 0 saturated carbocycles. The van der Waals surface area contributed by atoms with Crippen molar-refractivity contribution in [2.45, 2.75) is 51.6 Å². The number of alkyl halides is 1. The third-order valence-corrected chi connectivity index (χ3v) is 4.95. The van der Waals surface area contributed by atoms with Gasteiger partial charge in [-0.3, -0.25) is 0 Å². The molecule has 0 aliphatic heterocycles. The lowest BCUT2D eigenvalue weighted by Gasteiger charge is -2.13. The van der Waals surface area contributed by atoms with Crippen LogP contribution in [0.25, 0.3) is 22.2 Å². The number of unbranched alkanes of at least 4 members (excludes halogenated alkanes) is 2.